The fraction of sp³-hybridized carbons (Fsp3) is 0.154. The summed E-state index contributed by atoms with van der Waals surface area (Å²) in [4.78, 5) is 8.56. The van der Waals surface area contributed by atoms with Crippen LogP contribution >= 0.6 is 15.9 Å². The summed E-state index contributed by atoms with van der Waals surface area (Å²) in [5.41, 5.74) is 1.76. The molecule has 5 nitrogen and oxygen atoms in total. The van der Waals surface area contributed by atoms with Crippen molar-refractivity contribution in [1.29, 1.82) is 0 Å². The summed E-state index contributed by atoms with van der Waals surface area (Å²) >= 11 is 3.46. The molecule has 0 aliphatic carbocycles. The van der Waals surface area contributed by atoms with Crippen LogP contribution in [0.2, 0.25) is 0 Å². The van der Waals surface area contributed by atoms with Crippen molar-refractivity contribution in [2.45, 2.75) is 6.92 Å². The molecule has 96 valence electrons. The Bertz CT molecular complexity index is 722. The van der Waals surface area contributed by atoms with Crippen LogP contribution in [0.15, 0.2) is 41.3 Å². The molecule has 0 aliphatic heterocycles. The summed E-state index contributed by atoms with van der Waals surface area (Å²) < 4.78 is 2.82. The third-order valence-corrected chi connectivity index (χ3v) is 3.26. The minimum atomic E-state index is 0.795. The van der Waals surface area contributed by atoms with Crippen molar-refractivity contribution in [1.82, 2.24) is 19.7 Å². The summed E-state index contributed by atoms with van der Waals surface area (Å²) in [6, 6.07) is 7.95. The highest BCUT2D eigenvalue weighted by atomic mass is 79.9. The average Bonchev–Trinajstić information content (AvgIpc) is 2.84. The third kappa shape index (κ3) is 2.19. The Hall–Kier alpha value is -1.95. The van der Waals surface area contributed by atoms with Crippen molar-refractivity contribution in [3.8, 4) is 5.69 Å². The predicted molar refractivity (Wildman–Crippen MR) is 78.5 cm³/mol. The molecule has 0 atom stereocenters. The van der Waals surface area contributed by atoms with Gasteiger partial charge in [-0.3, -0.25) is 0 Å². The molecule has 3 aromatic rings. The number of anilines is 1. The van der Waals surface area contributed by atoms with E-state index in [1.807, 2.05) is 35.9 Å². The molecule has 1 aromatic carbocycles. The van der Waals surface area contributed by atoms with E-state index in [-0.39, 0.29) is 0 Å². The number of hydrogen-bond donors (Lipinski definition) is 1. The van der Waals surface area contributed by atoms with E-state index in [2.05, 4.69) is 36.3 Å². The molecule has 3 rings (SSSR count). The van der Waals surface area contributed by atoms with Crippen LogP contribution in [0.4, 0.5) is 5.82 Å². The highest BCUT2D eigenvalue weighted by Crippen LogP contribution is 2.22. The number of rotatable bonds is 3. The third-order valence-electron chi connectivity index (χ3n) is 2.76. The van der Waals surface area contributed by atoms with Gasteiger partial charge in [0, 0.05) is 11.0 Å². The molecule has 6 heteroatoms. The lowest BCUT2D eigenvalue weighted by Gasteiger charge is -2.05. The normalized spacial score (nSPS) is 10.8. The number of hydrogen-bond acceptors (Lipinski definition) is 4. The smallest absolute Gasteiger partial charge is 0.168 e. The molecule has 0 aliphatic rings. The number of halogens is 1. The van der Waals surface area contributed by atoms with E-state index in [1.54, 1.807) is 12.5 Å². The second kappa shape index (κ2) is 4.97. The number of nitrogens with zero attached hydrogens (tertiary/aromatic N) is 4. The van der Waals surface area contributed by atoms with E-state index in [4.69, 9.17) is 0 Å². The van der Waals surface area contributed by atoms with Crippen molar-refractivity contribution in [3.05, 3.63) is 41.3 Å². The molecule has 0 amide bonds. The zero-order chi connectivity index (χ0) is 13.2. The molecule has 19 heavy (non-hydrogen) atoms. The Morgan fingerprint density at radius 1 is 1.32 bits per heavy atom. The van der Waals surface area contributed by atoms with E-state index in [9.17, 15) is 0 Å². The van der Waals surface area contributed by atoms with Crippen molar-refractivity contribution in [3.63, 3.8) is 0 Å². The molecule has 2 heterocycles. The lowest BCUT2D eigenvalue weighted by atomic mass is 10.3. The molecular formula is C13H12BrN5. The Morgan fingerprint density at radius 2 is 2.21 bits per heavy atom. The van der Waals surface area contributed by atoms with Gasteiger partial charge in [0.25, 0.3) is 0 Å². The first-order valence-corrected chi connectivity index (χ1v) is 6.77. The van der Waals surface area contributed by atoms with Crippen molar-refractivity contribution in [2.24, 2.45) is 0 Å². The first-order chi connectivity index (χ1) is 9.29. The summed E-state index contributed by atoms with van der Waals surface area (Å²) in [7, 11) is 0. The highest BCUT2D eigenvalue weighted by molar-refractivity contribution is 9.10. The van der Waals surface area contributed by atoms with Gasteiger partial charge >= 0.3 is 0 Å². The second-order valence-electron chi connectivity index (χ2n) is 4.03. The van der Waals surface area contributed by atoms with Gasteiger partial charge < -0.3 is 5.32 Å². The van der Waals surface area contributed by atoms with Crippen LogP contribution in [-0.4, -0.2) is 26.3 Å². The van der Waals surface area contributed by atoms with Crippen molar-refractivity contribution in [2.75, 3.05) is 11.9 Å². The number of fused-ring (bicyclic) bond motifs is 1. The van der Waals surface area contributed by atoms with Gasteiger partial charge in [-0.15, -0.1) is 0 Å². The number of aromatic nitrogens is 4. The van der Waals surface area contributed by atoms with E-state index < -0.39 is 0 Å². The molecule has 0 spiro atoms. The maximum absolute atomic E-state index is 4.40. The van der Waals surface area contributed by atoms with Gasteiger partial charge in [0.2, 0.25) is 0 Å². The molecule has 0 radical (unpaired) electrons. The first-order valence-electron chi connectivity index (χ1n) is 5.98. The van der Waals surface area contributed by atoms with Crippen LogP contribution in [0.1, 0.15) is 6.92 Å². The van der Waals surface area contributed by atoms with Crippen LogP contribution in [0.5, 0.6) is 0 Å². The first kappa shape index (κ1) is 12.1. The van der Waals surface area contributed by atoms with Crippen LogP contribution in [0.25, 0.3) is 16.7 Å². The van der Waals surface area contributed by atoms with Gasteiger partial charge in [0.15, 0.2) is 5.65 Å². The Balaban J connectivity index is 2.18. The van der Waals surface area contributed by atoms with Gasteiger partial charge in [0.05, 0.1) is 17.3 Å². The van der Waals surface area contributed by atoms with Crippen LogP contribution < -0.4 is 5.32 Å². The van der Waals surface area contributed by atoms with E-state index in [0.29, 0.717) is 0 Å². The Morgan fingerprint density at radius 3 is 3.00 bits per heavy atom. The maximum Gasteiger partial charge on any atom is 0.168 e. The zero-order valence-corrected chi connectivity index (χ0v) is 11.9. The maximum atomic E-state index is 4.40. The standard InChI is InChI=1S/C13H12BrN5/c1-2-15-12-11-7-18-19(13(11)17-8-16-12)10-5-3-4-9(14)6-10/h3-8H,2H2,1H3,(H,15,16,17). The molecule has 0 fully saturated rings. The number of benzene rings is 1. The average molecular weight is 318 g/mol. The Labute approximate surface area is 118 Å². The zero-order valence-electron chi connectivity index (χ0n) is 10.3. The molecule has 0 unspecified atom stereocenters. The van der Waals surface area contributed by atoms with Crippen LogP contribution in [-0.2, 0) is 0 Å². The summed E-state index contributed by atoms with van der Waals surface area (Å²) in [6.07, 6.45) is 3.34. The fourth-order valence-electron chi connectivity index (χ4n) is 1.95. The van der Waals surface area contributed by atoms with Gasteiger partial charge in [-0.2, -0.15) is 5.10 Å². The lowest BCUT2D eigenvalue weighted by Crippen LogP contribution is -2.01. The summed E-state index contributed by atoms with van der Waals surface area (Å²) in [5, 5.41) is 8.54. The molecular weight excluding hydrogens is 306 g/mol. The van der Waals surface area contributed by atoms with E-state index in [1.165, 1.54) is 0 Å². The summed E-state index contributed by atoms with van der Waals surface area (Å²) in [6.45, 7) is 2.85. The monoisotopic (exact) mass is 317 g/mol. The summed E-state index contributed by atoms with van der Waals surface area (Å²) in [5.74, 6) is 0.814. The van der Waals surface area contributed by atoms with Crippen molar-refractivity contribution >= 4 is 32.8 Å². The van der Waals surface area contributed by atoms with Gasteiger partial charge in [-0.05, 0) is 25.1 Å². The van der Waals surface area contributed by atoms with Crippen LogP contribution in [0.3, 0.4) is 0 Å². The minimum absolute atomic E-state index is 0.795. The quantitative estimate of drug-likeness (QED) is 0.806. The highest BCUT2D eigenvalue weighted by Gasteiger charge is 2.10. The predicted octanol–water partition coefficient (Wildman–Crippen LogP) is 3.01. The van der Waals surface area contributed by atoms with Gasteiger partial charge in [-0.1, -0.05) is 22.0 Å². The molecule has 0 saturated heterocycles. The molecule has 0 saturated carbocycles. The van der Waals surface area contributed by atoms with E-state index in [0.717, 1.165) is 33.6 Å². The largest absolute Gasteiger partial charge is 0.370 e. The molecule has 1 N–H and O–H groups in total. The van der Waals surface area contributed by atoms with Gasteiger partial charge in [-0.25, -0.2) is 14.6 Å². The fourth-order valence-corrected chi connectivity index (χ4v) is 2.34. The Kier molecular flexibility index (Phi) is 3.16. The topological polar surface area (TPSA) is 55.6 Å². The SMILES string of the molecule is CCNc1ncnc2c1cnn2-c1cccc(Br)c1. The van der Waals surface area contributed by atoms with E-state index >= 15 is 0 Å². The van der Waals surface area contributed by atoms with Crippen LogP contribution in [0, 0.1) is 0 Å². The molecule has 0 bridgehead atoms. The second-order valence-corrected chi connectivity index (χ2v) is 4.94. The minimum Gasteiger partial charge on any atom is -0.370 e. The molecule has 2 aromatic heterocycles. The van der Waals surface area contributed by atoms with Crippen molar-refractivity contribution < 1.29 is 0 Å². The number of nitrogens with one attached hydrogen (secondary N) is 1. The lowest BCUT2D eigenvalue weighted by molar-refractivity contribution is 0.894. The van der Waals surface area contributed by atoms with Gasteiger partial charge in [0.1, 0.15) is 12.1 Å².